The number of ether oxygens (including phenoxy) is 1. The van der Waals surface area contributed by atoms with E-state index >= 15 is 0 Å². The van der Waals surface area contributed by atoms with Crippen LogP contribution in [-0.4, -0.2) is 11.2 Å². The van der Waals surface area contributed by atoms with Gasteiger partial charge in [0.1, 0.15) is 12.4 Å². The molecular formula is C20H12Cl4F3N3O. The van der Waals surface area contributed by atoms with Crippen LogP contribution in [0.5, 0.6) is 5.75 Å². The second kappa shape index (κ2) is 9.96. The molecule has 31 heavy (non-hydrogen) atoms. The number of rotatable bonds is 6. The maximum atomic E-state index is 12.6. The Hall–Kier alpha value is -2.19. The molecule has 0 amide bonds. The maximum Gasteiger partial charge on any atom is 0.417 e. The first-order chi connectivity index (χ1) is 14.6. The van der Waals surface area contributed by atoms with Gasteiger partial charge in [0.15, 0.2) is 5.75 Å². The Balaban J connectivity index is 1.65. The second-order valence-corrected chi connectivity index (χ2v) is 7.80. The molecule has 0 unspecified atom stereocenters. The lowest BCUT2D eigenvalue weighted by Gasteiger charge is -2.12. The van der Waals surface area contributed by atoms with Gasteiger partial charge in [0.25, 0.3) is 0 Å². The molecule has 0 atom stereocenters. The highest BCUT2D eigenvalue weighted by Gasteiger charge is 2.30. The summed E-state index contributed by atoms with van der Waals surface area (Å²) < 4.78 is 43.3. The molecule has 0 bridgehead atoms. The lowest BCUT2D eigenvalue weighted by Crippen LogP contribution is -2.05. The highest BCUT2D eigenvalue weighted by molar-refractivity contribution is 6.37. The van der Waals surface area contributed by atoms with Crippen molar-refractivity contribution < 1.29 is 17.9 Å². The van der Waals surface area contributed by atoms with Crippen LogP contribution in [0.25, 0.3) is 0 Å². The molecule has 3 rings (SSSR count). The van der Waals surface area contributed by atoms with Crippen molar-refractivity contribution in [1.82, 2.24) is 4.98 Å². The smallest absolute Gasteiger partial charge is 0.417 e. The number of nitrogens with zero attached hydrogens (tertiary/aromatic N) is 2. The number of hydrogen-bond acceptors (Lipinski definition) is 4. The number of aromatic nitrogens is 1. The minimum atomic E-state index is -4.45. The van der Waals surface area contributed by atoms with Gasteiger partial charge in [-0.3, -0.25) is 5.43 Å². The van der Waals surface area contributed by atoms with E-state index in [1.54, 1.807) is 30.3 Å². The normalized spacial score (nSPS) is 11.7. The van der Waals surface area contributed by atoms with E-state index in [4.69, 9.17) is 51.1 Å². The summed E-state index contributed by atoms with van der Waals surface area (Å²) >= 11 is 24.5. The molecule has 0 saturated heterocycles. The van der Waals surface area contributed by atoms with Gasteiger partial charge in [0.05, 0.1) is 21.8 Å². The maximum absolute atomic E-state index is 12.6. The van der Waals surface area contributed by atoms with E-state index in [2.05, 4.69) is 15.5 Å². The minimum absolute atomic E-state index is 0.129. The lowest BCUT2D eigenvalue weighted by molar-refractivity contribution is -0.137. The molecule has 0 radical (unpaired) electrons. The third-order valence-corrected chi connectivity index (χ3v) is 5.04. The molecule has 4 nitrogen and oxygen atoms in total. The monoisotopic (exact) mass is 507 g/mol. The van der Waals surface area contributed by atoms with Gasteiger partial charge < -0.3 is 4.74 Å². The van der Waals surface area contributed by atoms with Crippen LogP contribution in [0.1, 0.15) is 16.7 Å². The predicted molar refractivity (Wildman–Crippen MR) is 118 cm³/mol. The average molecular weight is 509 g/mol. The highest BCUT2D eigenvalue weighted by Crippen LogP contribution is 2.35. The van der Waals surface area contributed by atoms with Crippen molar-refractivity contribution >= 4 is 58.4 Å². The Kier molecular flexibility index (Phi) is 7.54. The summed E-state index contributed by atoms with van der Waals surface area (Å²) in [6.07, 6.45) is -2.35. The molecule has 0 spiro atoms. The summed E-state index contributed by atoms with van der Waals surface area (Å²) in [6, 6.07) is 10.2. The zero-order valence-electron chi connectivity index (χ0n) is 15.4. The van der Waals surface area contributed by atoms with Gasteiger partial charge in [-0.2, -0.15) is 18.3 Å². The molecule has 162 valence electrons. The first-order valence-electron chi connectivity index (χ1n) is 8.51. The van der Waals surface area contributed by atoms with Gasteiger partial charge >= 0.3 is 6.18 Å². The summed E-state index contributed by atoms with van der Waals surface area (Å²) in [4.78, 5) is 3.66. The molecule has 0 aliphatic carbocycles. The zero-order chi connectivity index (χ0) is 22.6. The van der Waals surface area contributed by atoms with Crippen LogP contribution in [0.4, 0.5) is 19.0 Å². The fourth-order valence-corrected chi connectivity index (χ4v) is 3.46. The minimum Gasteiger partial charge on any atom is -0.486 e. The third kappa shape index (κ3) is 6.40. The number of benzene rings is 2. The van der Waals surface area contributed by atoms with Crippen molar-refractivity contribution in [3.63, 3.8) is 0 Å². The topological polar surface area (TPSA) is 46.5 Å². The number of pyridine rings is 1. The molecular weight excluding hydrogens is 497 g/mol. The third-order valence-electron chi connectivity index (χ3n) is 3.89. The number of nitrogens with one attached hydrogen (secondary N) is 1. The van der Waals surface area contributed by atoms with Crippen LogP contribution in [0.15, 0.2) is 53.8 Å². The summed E-state index contributed by atoms with van der Waals surface area (Å²) in [5.41, 5.74) is 2.92. The van der Waals surface area contributed by atoms with E-state index in [9.17, 15) is 13.2 Å². The molecule has 1 heterocycles. The SMILES string of the molecule is FC(F)(F)c1ccc(N/N=C\c2cc(Cl)c(OCc3ccc(Cl)cc3Cl)c(Cl)c2)nc1. The fraction of sp³-hybridized carbons (Fsp3) is 0.100. The Bertz CT molecular complexity index is 1080. The molecule has 0 saturated carbocycles. The largest absolute Gasteiger partial charge is 0.486 e. The second-order valence-electron chi connectivity index (χ2n) is 6.14. The fourth-order valence-electron chi connectivity index (χ4n) is 2.38. The van der Waals surface area contributed by atoms with E-state index in [0.29, 0.717) is 27.4 Å². The van der Waals surface area contributed by atoms with Crippen LogP contribution in [0.2, 0.25) is 20.1 Å². The Labute approximate surface area is 195 Å². The molecule has 1 N–H and O–H groups in total. The summed E-state index contributed by atoms with van der Waals surface area (Å²) in [5, 5.41) is 5.37. The van der Waals surface area contributed by atoms with Crippen molar-refractivity contribution in [2.45, 2.75) is 12.8 Å². The number of halogens is 7. The van der Waals surface area contributed by atoms with Gasteiger partial charge in [-0.25, -0.2) is 4.98 Å². The first kappa shape index (κ1) is 23.5. The van der Waals surface area contributed by atoms with Crippen molar-refractivity contribution in [3.05, 3.63) is 85.4 Å². The first-order valence-corrected chi connectivity index (χ1v) is 10.0. The van der Waals surface area contributed by atoms with Crippen LogP contribution in [0.3, 0.4) is 0 Å². The van der Waals surface area contributed by atoms with E-state index < -0.39 is 11.7 Å². The van der Waals surface area contributed by atoms with Crippen LogP contribution < -0.4 is 10.2 Å². The van der Waals surface area contributed by atoms with E-state index in [0.717, 1.165) is 6.07 Å². The Morgan fingerprint density at radius 3 is 2.26 bits per heavy atom. The van der Waals surface area contributed by atoms with Crippen molar-refractivity contribution in [2.24, 2.45) is 5.10 Å². The molecule has 11 heteroatoms. The van der Waals surface area contributed by atoms with Crippen LogP contribution >= 0.6 is 46.4 Å². The molecule has 0 fully saturated rings. The molecule has 2 aromatic carbocycles. The van der Waals surface area contributed by atoms with Gasteiger partial charge in [-0.15, -0.1) is 0 Å². The van der Waals surface area contributed by atoms with Gasteiger partial charge in [-0.1, -0.05) is 52.5 Å². The van der Waals surface area contributed by atoms with E-state index in [1.165, 1.54) is 12.3 Å². The standard InChI is InChI=1S/C20H12Cl4F3N3O/c21-14-3-1-12(15(22)7-14)10-31-19-16(23)5-11(6-17(19)24)8-29-30-18-4-2-13(9-28-18)20(25,26)27/h1-9H,10H2,(H,28,30)/b29-8-. The van der Waals surface area contributed by atoms with Crippen LogP contribution in [-0.2, 0) is 12.8 Å². The zero-order valence-corrected chi connectivity index (χ0v) is 18.4. The van der Waals surface area contributed by atoms with E-state index in [1.807, 2.05) is 0 Å². The number of hydrogen-bond donors (Lipinski definition) is 1. The summed E-state index contributed by atoms with van der Waals surface area (Å²) in [6.45, 7) is 0.129. The van der Waals surface area contributed by atoms with Gasteiger partial charge in [0.2, 0.25) is 0 Å². The average Bonchev–Trinajstić information content (AvgIpc) is 2.68. The van der Waals surface area contributed by atoms with Crippen LogP contribution in [0, 0.1) is 0 Å². The molecule has 0 aliphatic rings. The molecule has 1 aromatic heterocycles. The van der Waals surface area contributed by atoms with Crippen molar-refractivity contribution in [3.8, 4) is 5.75 Å². The Morgan fingerprint density at radius 1 is 0.968 bits per heavy atom. The molecule has 3 aromatic rings. The number of alkyl halides is 3. The van der Waals surface area contributed by atoms with Gasteiger partial charge in [0, 0.05) is 21.8 Å². The number of anilines is 1. The van der Waals surface area contributed by atoms with Gasteiger partial charge in [-0.05, 0) is 42.0 Å². The summed E-state index contributed by atoms with van der Waals surface area (Å²) in [7, 11) is 0. The number of hydrazone groups is 1. The predicted octanol–water partition coefficient (Wildman–Crippen LogP) is 7.74. The summed E-state index contributed by atoms with van der Waals surface area (Å²) in [5.74, 6) is 0.408. The lowest BCUT2D eigenvalue weighted by atomic mass is 10.2. The quantitative estimate of drug-likeness (QED) is 0.273. The van der Waals surface area contributed by atoms with Crippen molar-refractivity contribution in [1.29, 1.82) is 0 Å². The van der Waals surface area contributed by atoms with Crippen molar-refractivity contribution in [2.75, 3.05) is 5.43 Å². The van der Waals surface area contributed by atoms with E-state index in [-0.39, 0.29) is 28.2 Å². The Morgan fingerprint density at radius 2 is 1.68 bits per heavy atom. The highest BCUT2D eigenvalue weighted by atomic mass is 35.5. The molecule has 0 aliphatic heterocycles.